The van der Waals surface area contributed by atoms with Gasteiger partial charge < -0.3 is 5.32 Å². The van der Waals surface area contributed by atoms with Crippen molar-refractivity contribution >= 4 is 9.84 Å². The summed E-state index contributed by atoms with van der Waals surface area (Å²) < 4.78 is 23.5. The molecule has 18 heavy (non-hydrogen) atoms. The number of nitrogens with one attached hydrogen (secondary N) is 1. The highest BCUT2D eigenvalue weighted by molar-refractivity contribution is 7.92. The van der Waals surface area contributed by atoms with Crippen LogP contribution in [-0.4, -0.2) is 31.5 Å². The SMILES string of the molecule is CCCC(CCS(=O)(=O)C(C)(C)C)CNC(C)C. The van der Waals surface area contributed by atoms with Gasteiger partial charge in [-0.1, -0.05) is 27.2 Å². The first-order chi connectivity index (χ1) is 8.10. The maximum Gasteiger partial charge on any atom is 0.155 e. The van der Waals surface area contributed by atoms with Crippen LogP contribution in [0, 0.1) is 5.92 Å². The summed E-state index contributed by atoms with van der Waals surface area (Å²) in [5.74, 6) is 0.774. The minimum Gasteiger partial charge on any atom is -0.314 e. The average molecular weight is 277 g/mol. The summed E-state index contributed by atoms with van der Waals surface area (Å²) in [7, 11) is -2.98. The Kier molecular flexibility index (Phi) is 7.45. The lowest BCUT2D eigenvalue weighted by Crippen LogP contribution is -2.33. The molecule has 0 rings (SSSR count). The van der Waals surface area contributed by atoms with Crippen LogP contribution >= 0.6 is 0 Å². The fourth-order valence-electron chi connectivity index (χ4n) is 1.79. The van der Waals surface area contributed by atoms with Crippen LogP contribution in [0.15, 0.2) is 0 Å². The highest BCUT2D eigenvalue weighted by atomic mass is 32.2. The molecule has 3 nitrogen and oxygen atoms in total. The predicted molar refractivity (Wildman–Crippen MR) is 79.7 cm³/mol. The van der Waals surface area contributed by atoms with Crippen LogP contribution in [-0.2, 0) is 9.84 Å². The van der Waals surface area contributed by atoms with E-state index >= 15 is 0 Å². The molecule has 0 aromatic heterocycles. The highest BCUT2D eigenvalue weighted by Gasteiger charge is 2.29. The first-order valence-electron chi connectivity index (χ1n) is 7.05. The van der Waals surface area contributed by atoms with Crippen molar-refractivity contribution in [2.45, 2.75) is 71.6 Å². The summed E-state index contributed by atoms with van der Waals surface area (Å²) >= 11 is 0. The summed E-state index contributed by atoms with van der Waals surface area (Å²) in [6, 6.07) is 0.462. The second-order valence-electron chi connectivity index (χ2n) is 6.44. The maximum absolute atomic E-state index is 12.1. The topological polar surface area (TPSA) is 46.2 Å². The molecule has 0 saturated carbocycles. The van der Waals surface area contributed by atoms with Gasteiger partial charge in [-0.15, -0.1) is 0 Å². The zero-order chi connectivity index (χ0) is 14.4. The smallest absolute Gasteiger partial charge is 0.155 e. The molecule has 1 unspecified atom stereocenters. The predicted octanol–water partition coefficient (Wildman–Crippen LogP) is 3.00. The normalized spacial score (nSPS) is 15.1. The molecular weight excluding hydrogens is 246 g/mol. The van der Waals surface area contributed by atoms with Crippen molar-refractivity contribution in [3.05, 3.63) is 0 Å². The van der Waals surface area contributed by atoms with Crippen molar-refractivity contribution in [3.8, 4) is 0 Å². The Balaban J connectivity index is 4.35. The first-order valence-corrected chi connectivity index (χ1v) is 8.71. The molecule has 0 saturated heterocycles. The van der Waals surface area contributed by atoms with Crippen LogP contribution in [0.5, 0.6) is 0 Å². The lowest BCUT2D eigenvalue weighted by atomic mass is 10.0. The van der Waals surface area contributed by atoms with E-state index < -0.39 is 14.6 Å². The van der Waals surface area contributed by atoms with Gasteiger partial charge >= 0.3 is 0 Å². The third-order valence-electron chi connectivity index (χ3n) is 3.24. The lowest BCUT2D eigenvalue weighted by Gasteiger charge is -2.23. The van der Waals surface area contributed by atoms with E-state index in [2.05, 4.69) is 26.1 Å². The van der Waals surface area contributed by atoms with Crippen LogP contribution in [0.25, 0.3) is 0 Å². The van der Waals surface area contributed by atoms with Gasteiger partial charge in [0.25, 0.3) is 0 Å². The van der Waals surface area contributed by atoms with E-state index in [1.807, 2.05) is 0 Å². The van der Waals surface area contributed by atoms with Crippen molar-refractivity contribution in [2.75, 3.05) is 12.3 Å². The summed E-state index contributed by atoms with van der Waals surface area (Å²) in [6.45, 7) is 12.7. The average Bonchev–Trinajstić information content (AvgIpc) is 2.20. The van der Waals surface area contributed by atoms with Gasteiger partial charge in [-0.25, -0.2) is 8.42 Å². The number of sulfone groups is 1. The fraction of sp³-hybridized carbons (Fsp3) is 1.00. The Bertz CT molecular complexity index is 315. The van der Waals surface area contributed by atoms with E-state index in [9.17, 15) is 8.42 Å². The van der Waals surface area contributed by atoms with Crippen molar-refractivity contribution in [3.63, 3.8) is 0 Å². The molecule has 4 heteroatoms. The van der Waals surface area contributed by atoms with Gasteiger partial charge in [0.15, 0.2) is 9.84 Å². The zero-order valence-electron chi connectivity index (χ0n) is 12.9. The molecule has 0 aliphatic carbocycles. The van der Waals surface area contributed by atoms with Crippen LogP contribution in [0.1, 0.15) is 60.8 Å². The van der Waals surface area contributed by atoms with E-state index in [4.69, 9.17) is 0 Å². The second kappa shape index (κ2) is 7.49. The van der Waals surface area contributed by atoms with Crippen molar-refractivity contribution < 1.29 is 8.42 Å². The van der Waals surface area contributed by atoms with Crippen LogP contribution in [0.4, 0.5) is 0 Å². The number of hydrogen-bond acceptors (Lipinski definition) is 3. The molecule has 0 aromatic carbocycles. The van der Waals surface area contributed by atoms with Gasteiger partial charge in [-0.3, -0.25) is 0 Å². The van der Waals surface area contributed by atoms with Gasteiger partial charge in [-0.05, 0) is 46.1 Å². The Morgan fingerprint density at radius 2 is 1.67 bits per heavy atom. The van der Waals surface area contributed by atoms with E-state index in [0.717, 1.165) is 25.8 Å². The highest BCUT2D eigenvalue weighted by Crippen LogP contribution is 2.20. The molecule has 0 spiro atoms. The lowest BCUT2D eigenvalue weighted by molar-refractivity contribution is 0.408. The third kappa shape index (κ3) is 6.74. The first kappa shape index (κ1) is 17.9. The van der Waals surface area contributed by atoms with Gasteiger partial charge in [0.1, 0.15) is 0 Å². The molecule has 0 aromatic rings. The van der Waals surface area contributed by atoms with Crippen molar-refractivity contribution in [2.24, 2.45) is 5.92 Å². The minimum absolute atomic E-state index is 0.306. The number of rotatable bonds is 8. The molecular formula is C14H31NO2S. The molecule has 0 amide bonds. The maximum atomic E-state index is 12.1. The molecule has 0 aliphatic rings. The zero-order valence-corrected chi connectivity index (χ0v) is 13.7. The quantitative estimate of drug-likeness (QED) is 0.742. The monoisotopic (exact) mass is 277 g/mol. The van der Waals surface area contributed by atoms with Gasteiger partial charge in [0.2, 0.25) is 0 Å². The van der Waals surface area contributed by atoms with Crippen molar-refractivity contribution in [1.82, 2.24) is 5.32 Å². The molecule has 0 aliphatic heterocycles. The molecule has 1 N–H and O–H groups in total. The standard InChI is InChI=1S/C14H31NO2S/c1-7-8-13(11-15-12(2)3)9-10-18(16,17)14(4,5)6/h12-13,15H,7-11H2,1-6H3. The van der Waals surface area contributed by atoms with Crippen molar-refractivity contribution in [1.29, 1.82) is 0 Å². The third-order valence-corrected chi connectivity index (χ3v) is 5.88. The van der Waals surface area contributed by atoms with Crippen LogP contribution in [0.3, 0.4) is 0 Å². The van der Waals surface area contributed by atoms with Crippen LogP contribution < -0.4 is 5.32 Å². The molecule has 0 bridgehead atoms. The van der Waals surface area contributed by atoms with Crippen LogP contribution in [0.2, 0.25) is 0 Å². The molecule has 0 radical (unpaired) electrons. The molecule has 0 heterocycles. The van der Waals surface area contributed by atoms with E-state index in [-0.39, 0.29) is 0 Å². The summed E-state index contributed by atoms with van der Waals surface area (Å²) in [5.41, 5.74) is 0. The van der Waals surface area contributed by atoms with E-state index in [0.29, 0.717) is 17.7 Å². The molecule has 110 valence electrons. The van der Waals surface area contributed by atoms with E-state index in [1.54, 1.807) is 20.8 Å². The molecule has 0 fully saturated rings. The number of hydrogen-bond donors (Lipinski definition) is 1. The molecule has 1 atom stereocenters. The van der Waals surface area contributed by atoms with Gasteiger partial charge in [-0.2, -0.15) is 0 Å². The Morgan fingerprint density at radius 3 is 2.06 bits per heavy atom. The fourth-order valence-corrected chi connectivity index (χ4v) is 3.04. The summed E-state index contributed by atoms with van der Waals surface area (Å²) in [4.78, 5) is 0. The van der Waals surface area contributed by atoms with Gasteiger partial charge in [0, 0.05) is 6.04 Å². The Labute approximate surface area is 114 Å². The van der Waals surface area contributed by atoms with Gasteiger partial charge in [0.05, 0.1) is 10.5 Å². The summed E-state index contributed by atoms with van der Waals surface area (Å²) in [6.07, 6.45) is 2.98. The Hall–Kier alpha value is -0.0900. The Morgan fingerprint density at radius 1 is 1.11 bits per heavy atom. The largest absolute Gasteiger partial charge is 0.314 e. The summed E-state index contributed by atoms with van der Waals surface area (Å²) in [5, 5.41) is 3.41. The minimum atomic E-state index is -2.98. The second-order valence-corrected chi connectivity index (χ2v) is 9.30. The van der Waals surface area contributed by atoms with E-state index in [1.165, 1.54) is 0 Å².